The van der Waals surface area contributed by atoms with Gasteiger partial charge in [0.1, 0.15) is 0 Å². The van der Waals surface area contributed by atoms with Crippen molar-refractivity contribution in [1.29, 1.82) is 0 Å². The molecule has 0 amide bonds. The van der Waals surface area contributed by atoms with Crippen LogP contribution in [0, 0.1) is 0 Å². The molecule has 0 aliphatic rings. The van der Waals surface area contributed by atoms with E-state index in [1.54, 1.807) is 0 Å². The van der Waals surface area contributed by atoms with E-state index in [1.165, 1.54) is 18.6 Å². The molecule has 0 fully saturated rings. The molecule has 0 saturated heterocycles. The maximum Gasteiger partial charge on any atom is 0.304 e. The topological polar surface area (TPSA) is 40.5 Å². The number of hydrogen-bond acceptors (Lipinski definition) is 3. The second kappa shape index (κ2) is 9.04. The van der Waals surface area contributed by atoms with Gasteiger partial charge in [-0.1, -0.05) is 6.92 Å². The van der Waals surface area contributed by atoms with Crippen molar-refractivity contribution in [2.45, 2.75) is 39.2 Å². The van der Waals surface area contributed by atoms with Gasteiger partial charge in [-0.05, 0) is 44.9 Å². The van der Waals surface area contributed by atoms with Gasteiger partial charge in [0.05, 0.1) is 6.42 Å². The second-order valence-electron chi connectivity index (χ2n) is 3.78. The summed E-state index contributed by atoms with van der Waals surface area (Å²) in [6, 6.07) is 0.154. The van der Waals surface area contributed by atoms with E-state index in [2.05, 4.69) is 18.1 Å². The minimum Gasteiger partial charge on any atom is -0.481 e. The molecule has 1 unspecified atom stereocenters. The van der Waals surface area contributed by atoms with Gasteiger partial charge in [-0.15, -0.1) is 0 Å². The third-order valence-corrected chi connectivity index (χ3v) is 3.24. The fraction of sp³-hybridized carbons (Fsp3) is 0.909. The molecule has 1 N–H and O–H groups in total. The fourth-order valence-electron chi connectivity index (χ4n) is 1.63. The number of carbonyl (C=O) groups is 1. The summed E-state index contributed by atoms with van der Waals surface area (Å²) in [6.45, 7) is 6.04. The smallest absolute Gasteiger partial charge is 0.304 e. The second-order valence-corrected chi connectivity index (χ2v) is 4.76. The molecule has 4 heteroatoms. The Morgan fingerprint density at radius 1 is 1.47 bits per heavy atom. The molecule has 0 aromatic rings. The van der Waals surface area contributed by atoms with Crippen molar-refractivity contribution < 1.29 is 9.90 Å². The highest BCUT2D eigenvalue weighted by Gasteiger charge is 2.14. The molecule has 0 aromatic carbocycles. The average Bonchev–Trinajstić information content (AvgIpc) is 2.16. The van der Waals surface area contributed by atoms with E-state index >= 15 is 0 Å². The molecule has 3 nitrogen and oxygen atoms in total. The SMILES string of the molecule is CCN(CCCCSC)C(C)CC(=O)O. The molecule has 0 heterocycles. The Bertz CT molecular complexity index is 176. The van der Waals surface area contributed by atoms with Crippen LogP contribution in [0.4, 0.5) is 0 Å². The zero-order valence-corrected chi connectivity index (χ0v) is 10.8. The maximum absolute atomic E-state index is 10.6. The van der Waals surface area contributed by atoms with E-state index in [1.807, 2.05) is 18.7 Å². The Morgan fingerprint density at radius 2 is 2.13 bits per heavy atom. The van der Waals surface area contributed by atoms with E-state index < -0.39 is 5.97 Å². The van der Waals surface area contributed by atoms with E-state index in [4.69, 9.17) is 5.11 Å². The highest BCUT2D eigenvalue weighted by atomic mass is 32.2. The van der Waals surface area contributed by atoms with Gasteiger partial charge >= 0.3 is 5.97 Å². The normalized spacial score (nSPS) is 13.1. The van der Waals surface area contributed by atoms with Crippen LogP contribution >= 0.6 is 11.8 Å². The lowest BCUT2D eigenvalue weighted by Gasteiger charge is -2.26. The maximum atomic E-state index is 10.6. The van der Waals surface area contributed by atoms with E-state index in [0.717, 1.165) is 13.1 Å². The van der Waals surface area contributed by atoms with E-state index in [0.29, 0.717) is 0 Å². The van der Waals surface area contributed by atoms with Crippen molar-refractivity contribution in [1.82, 2.24) is 4.90 Å². The zero-order valence-electron chi connectivity index (χ0n) is 10.0. The monoisotopic (exact) mass is 233 g/mol. The summed E-state index contributed by atoms with van der Waals surface area (Å²) in [7, 11) is 0. The molecule has 1 atom stereocenters. The van der Waals surface area contributed by atoms with Crippen LogP contribution < -0.4 is 0 Å². The summed E-state index contributed by atoms with van der Waals surface area (Å²) < 4.78 is 0. The standard InChI is InChI=1S/C11H23NO2S/c1-4-12(7-5-6-8-15-3)10(2)9-11(13)14/h10H,4-9H2,1-3H3,(H,13,14). The largest absolute Gasteiger partial charge is 0.481 e. The van der Waals surface area contributed by atoms with Crippen molar-refractivity contribution >= 4 is 17.7 Å². The third-order valence-electron chi connectivity index (χ3n) is 2.54. The summed E-state index contributed by atoms with van der Waals surface area (Å²) in [5.74, 6) is 0.496. The number of rotatable bonds is 9. The predicted octanol–water partition coefficient (Wildman–Crippen LogP) is 2.31. The van der Waals surface area contributed by atoms with Gasteiger partial charge < -0.3 is 10.0 Å². The van der Waals surface area contributed by atoms with E-state index in [-0.39, 0.29) is 12.5 Å². The molecule has 0 aliphatic carbocycles. The summed E-state index contributed by atoms with van der Waals surface area (Å²) in [4.78, 5) is 12.8. The molecule has 0 bridgehead atoms. The quantitative estimate of drug-likeness (QED) is 0.620. The van der Waals surface area contributed by atoms with E-state index in [9.17, 15) is 4.79 Å². The van der Waals surface area contributed by atoms with Crippen molar-refractivity contribution in [3.63, 3.8) is 0 Å². The molecule has 0 rings (SSSR count). The van der Waals surface area contributed by atoms with Crippen LogP contribution in [0.3, 0.4) is 0 Å². The molecule has 0 aromatic heterocycles. The highest BCUT2D eigenvalue weighted by Crippen LogP contribution is 2.07. The number of carboxylic acids is 1. The van der Waals surface area contributed by atoms with Crippen LogP contribution in [0.25, 0.3) is 0 Å². The van der Waals surface area contributed by atoms with Gasteiger partial charge in [0.2, 0.25) is 0 Å². The van der Waals surface area contributed by atoms with Gasteiger partial charge in [0, 0.05) is 6.04 Å². The molecule has 90 valence electrons. The van der Waals surface area contributed by atoms with Crippen molar-refractivity contribution in [2.75, 3.05) is 25.1 Å². The number of hydrogen-bond donors (Lipinski definition) is 1. The average molecular weight is 233 g/mol. The number of unbranched alkanes of at least 4 members (excludes halogenated alkanes) is 1. The molecular weight excluding hydrogens is 210 g/mol. The van der Waals surface area contributed by atoms with Crippen LogP contribution in [-0.4, -0.2) is 47.1 Å². The van der Waals surface area contributed by atoms with Crippen molar-refractivity contribution in [3.05, 3.63) is 0 Å². The van der Waals surface area contributed by atoms with Gasteiger partial charge in [0.25, 0.3) is 0 Å². The van der Waals surface area contributed by atoms with Crippen LogP contribution in [-0.2, 0) is 4.79 Å². The molecule has 0 spiro atoms. The molecule has 15 heavy (non-hydrogen) atoms. The molecular formula is C11H23NO2S. The highest BCUT2D eigenvalue weighted by molar-refractivity contribution is 7.98. The van der Waals surface area contributed by atoms with Crippen molar-refractivity contribution in [2.24, 2.45) is 0 Å². The van der Waals surface area contributed by atoms with Crippen LogP contribution in [0.15, 0.2) is 0 Å². The minimum atomic E-state index is -0.704. The predicted molar refractivity (Wildman–Crippen MR) is 66.6 cm³/mol. The minimum absolute atomic E-state index is 0.154. The van der Waals surface area contributed by atoms with Gasteiger partial charge in [0.15, 0.2) is 0 Å². The Kier molecular flexibility index (Phi) is 8.91. The van der Waals surface area contributed by atoms with Crippen molar-refractivity contribution in [3.8, 4) is 0 Å². The van der Waals surface area contributed by atoms with Gasteiger partial charge in [-0.25, -0.2) is 0 Å². The lowest BCUT2D eigenvalue weighted by Crippen LogP contribution is -2.35. The first-order valence-electron chi connectivity index (χ1n) is 5.56. The Labute approximate surface area is 97.2 Å². The summed E-state index contributed by atoms with van der Waals surface area (Å²) in [5, 5.41) is 8.71. The third kappa shape index (κ3) is 7.68. The first-order valence-corrected chi connectivity index (χ1v) is 6.96. The van der Waals surface area contributed by atoms with Gasteiger partial charge in [-0.3, -0.25) is 4.79 Å². The van der Waals surface area contributed by atoms with Gasteiger partial charge in [-0.2, -0.15) is 11.8 Å². The first-order chi connectivity index (χ1) is 7.11. The zero-order chi connectivity index (χ0) is 11.7. The molecule has 0 radical (unpaired) electrons. The lowest BCUT2D eigenvalue weighted by atomic mass is 10.2. The molecule has 0 saturated carbocycles. The number of carboxylic acid groups (broad SMARTS) is 1. The first kappa shape index (κ1) is 14.8. The fourth-order valence-corrected chi connectivity index (χ4v) is 2.13. The summed E-state index contributed by atoms with van der Waals surface area (Å²) in [5.41, 5.74) is 0. The Balaban J connectivity index is 3.74. The lowest BCUT2D eigenvalue weighted by molar-refractivity contribution is -0.138. The number of thioether (sulfide) groups is 1. The van der Waals surface area contributed by atoms with Crippen LogP contribution in [0.2, 0.25) is 0 Å². The summed E-state index contributed by atoms with van der Waals surface area (Å²) >= 11 is 1.87. The number of nitrogens with zero attached hydrogens (tertiary/aromatic N) is 1. The summed E-state index contributed by atoms with van der Waals surface area (Å²) in [6.07, 6.45) is 4.75. The number of aliphatic carboxylic acids is 1. The Hall–Kier alpha value is -0.220. The Morgan fingerprint density at radius 3 is 2.60 bits per heavy atom. The van der Waals surface area contributed by atoms with Crippen LogP contribution in [0.1, 0.15) is 33.1 Å². The van der Waals surface area contributed by atoms with Crippen LogP contribution in [0.5, 0.6) is 0 Å². The molecule has 0 aliphatic heterocycles.